The molecule has 24 heavy (non-hydrogen) atoms. The van der Waals surface area contributed by atoms with Crippen LogP contribution in [0, 0.1) is 13.8 Å². The van der Waals surface area contributed by atoms with Crippen LogP contribution in [0.3, 0.4) is 0 Å². The van der Waals surface area contributed by atoms with Crippen LogP contribution in [-0.4, -0.2) is 27.8 Å². The molecule has 0 aliphatic carbocycles. The Morgan fingerprint density at radius 2 is 1.88 bits per heavy atom. The number of carbonyl (C=O) groups is 1. The van der Waals surface area contributed by atoms with Gasteiger partial charge < -0.3 is 14.4 Å². The zero-order valence-corrected chi connectivity index (χ0v) is 13.3. The first-order valence-electron chi connectivity index (χ1n) is 7.39. The SMILES string of the molecule is Cc1cc(C)cc(-c2noc(-c3ccccc3OCC(=O)O)n2)c1. The van der Waals surface area contributed by atoms with Gasteiger partial charge in [0.05, 0.1) is 5.56 Å². The van der Waals surface area contributed by atoms with E-state index in [4.69, 9.17) is 14.4 Å². The van der Waals surface area contributed by atoms with E-state index in [2.05, 4.69) is 16.2 Å². The normalized spacial score (nSPS) is 10.6. The largest absolute Gasteiger partial charge is 0.481 e. The lowest BCUT2D eigenvalue weighted by molar-refractivity contribution is -0.139. The summed E-state index contributed by atoms with van der Waals surface area (Å²) in [5.41, 5.74) is 3.65. The molecule has 0 saturated carbocycles. The Morgan fingerprint density at radius 1 is 1.17 bits per heavy atom. The minimum atomic E-state index is -1.05. The van der Waals surface area contributed by atoms with E-state index in [1.807, 2.05) is 26.0 Å². The average Bonchev–Trinajstić information content (AvgIpc) is 3.02. The third-order valence-electron chi connectivity index (χ3n) is 3.37. The van der Waals surface area contributed by atoms with E-state index in [-0.39, 0.29) is 5.89 Å². The highest BCUT2D eigenvalue weighted by molar-refractivity contribution is 5.70. The average molecular weight is 324 g/mol. The van der Waals surface area contributed by atoms with Gasteiger partial charge in [0.15, 0.2) is 6.61 Å². The van der Waals surface area contributed by atoms with Crippen molar-refractivity contribution in [2.75, 3.05) is 6.61 Å². The first-order chi connectivity index (χ1) is 11.5. The molecule has 0 aliphatic rings. The zero-order chi connectivity index (χ0) is 17.1. The first-order valence-corrected chi connectivity index (χ1v) is 7.39. The molecule has 3 aromatic rings. The minimum Gasteiger partial charge on any atom is -0.481 e. The van der Waals surface area contributed by atoms with E-state index in [0.717, 1.165) is 16.7 Å². The van der Waals surface area contributed by atoms with Crippen molar-refractivity contribution in [1.82, 2.24) is 10.1 Å². The predicted octanol–water partition coefficient (Wildman–Crippen LogP) is 3.48. The third-order valence-corrected chi connectivity index (χ3v) is 3.37. The molecule has 0 unspecified atom stereocenters. The minimum absolute atomic E-state index is 0.283. The number of para-hydroxylation sites is 1. The lowest BCUT2D eigenvalue weighted by Gasteiger charge is -2.06. The van der Waals surface area contributed by atoms with E-state index in [1.54, 1.807) is 24.3 Å². The summed E-state index contributed by atoms with van der Waals surface area (Å²) in [6, 6.07) is 13.0. The molecule has 0 aliphatic heterocycles. The van der Waals surface area contributed by atoms with Crippen molar-refractivity contribution < 1.29 is 19.2 Å². The zero-order valence-electron chi connectivity index (χ0n) is 13.3. The first kappa shape index (κ1) is 15.7. The highest BCUT2D eigenvalue weighted by atomic mass is 16.5. The van der Waals surface area contributed by atoms with Gasteiger partial charge in [0, 0.05) is 5.56 Å². The van der Waals surface area contributed by atoms with Crippen molar-refractivity contribution in [2.45, 2.75) is 13.8 Å². The number of rotatable bonds is 5. The van der Waals surface area contributed by atoms with Crippen LogP contribution < -0.4 is 4.74 Å². The Balaban J connectivity index is 1.95. The highest BCUT2D eigenvalue weighted by Crippen LogP contribution is 2.30. The second kappa shape index (κ2) is 6.54. The summed E-state index contributed by atoms with van der Waals surface area (Å²) in [6.45, 7) is 3.58. The summed E-state index contributed by atoms with van der Waals surface area (Å²) in [4.78, 5) is 15.1. The Labute approximate surface area is 138 Å². The van der Waals surface area contributed by atoms with Gasteiger partial charge in [-0.15, -0.1) is 0 Å². The van der Waals surface area contributed by atoms with E-state index < -0.39 is 12.6 Å². The van der Waals surface area contributed by atoms with Crippen molar-refractivity contribution in [1.29, 1.82) is 0 Å². The summed E-state index contributed by atoms with van der Waals surface area (Å²) in [5, 5.41) is 12.8. The lowest BCUT2D eigenvalue weighted by Crippen LogP contribution is -2.09. The molecular formula is C18H16N2O4. The quantitative estimate of drug-likeness (QED) is 0.773. The van der Waals surface area contributed by atoms with Crippen LogP contribution in [0.5, 0.6) is 5.75 Å². The molecular weight excluding hydrogens is 308 g/mol. The van der Waals surface area contributed by atoms with Crippen molar-refractivity contribution in [3.05, 3.63) is 53.6 Å². The number of carboxylic acids is 1. The van der Waals surface area contributed by atoms with Crippen LogP contribution in [0.2, 0.25) is 0 Å². The number of ether oxygens (including phenoxy) is 1. The molecule has 0 amide bonds. The van der Waals surface area contributed by atoms with Crippen molar-refractivity contribution in [3.63, 3.8) is 0 Å². The number of aromatic nitrogens is 2. The van der Waals surface area contributed by atoms with Crippen LogP contribution >= 0.6 is 0 Å². The van der Waals surface area contributed by atoms with E-state index in [1.165, 1.54) is 0 Å². The molecule has 0 atom stereocenters. The standard InChI is InChI=1S/C18H16N2O4/c1-11-7-12(2)9-13(8-11)17-19-18(24-20-17)14-5-3-4-6-15(14)23-10-16(21)22/h3-9H,10H2,1-2H3,(H,21,22). The number of hydrogen-bond donors (Lipinski definition) is 1. The molecule has 122 valence electrons. The van der Waals surface area contributed by atoms with Crippen molar-refractivity contribution in [3.8, 4) is 28.6 Å². The topological polar surface area (TPSA) is 85.5 Å². The number of hydrogen-bond acceptors (Lipinski definition) is 5. The van der Waals surface area contributed by atoms with Gasteiger partial charge in [-0.25, -0.2) is 4.79 Å². The van der Waals surface area contributed by atoms with E-state index >= 15 is 0 Å². The fourth-order valence-corrected chi connectivity index (χ4v) is 2.46. The van der Waals surface area contributed by atoms with Crippen LogP contribution in [-0.2, 0) is 4.79 Å². The Bertz CT molecular complexity index is 866. The maximum Gasteiger partial charge on any atom is 0.341 e. The molecule has 2 aromatic carbocycles. The number of aryl methyl sites for hydroxylation is 2. The second-order valence-corrected chi connectivity index (χ2v) is 5.48. The molecule has 6 heteroatoms. The van der Waals surface area contributed by atoms with Gasteiger partial charge >= 0.3 is 5.97 Å². The van der Waals surface area contributed by atoms with Crippen LogP contribution in [0.15, 0.2) is 47.0 Å². The maximum absolute atomic E-state index is 10.7. The van der Waals surface area contributed by atoms with E-state index in [0.29, 0.717) is 17.1 Å². The number of carboxylic acid groups (broad SMARTS) is 1. The molecule has 1 heterocycles. The molecule has 0 bridgehead atoms. The molecule has 3 rings (SSSR count). The van der Waals surface area contributed by atoms with Crippen LogP contribution in [0.1, 0.15) is 11.1 Å². The number of nitrogens with zero attached hydrogens (tertiary/aromatic N) is 2. The van der Waals surface area contributed by atoms with Crippen molar-refractivity contribution >= 4 is 5.97 Å². The second-order valence-electron chi connectivity index (χ2n) is 5.48. The summed E-state index contributed by atoms with van der Waals surface area (Å²) in [7, 11) is 0. The molecule has 0 saturated heterocycles. The third kappa shape index (κ3) is 3.43. The molecule has 6 nitrogen and oxygen atoms in total. The Morgan fingerprint density at radius 3 is 2.58 bits per heavy atom. The highest BCUT2D eigenvalue weighted by Gasteiger charge is 2.15. The van der Waals surface area contributed by atoms with E-state index in [9.17, 15) is 4.79 Å². The summed E-state index contributed by atoms with van der Waals surface area (Å²) >= 11 is 0. The fraction of sp³-hybridized carbons (Fsp3) is 0.167. The Hall–Kier alpha value is -3.15. The van der Waals surface area contributed by atoms with Gasteiger partial charge in [0.25, 0.3) is 5.89 Å². The monoisotopic (exact) mass is 324 g/mol. The van der Waals surface area contributed by atoms with Gasteiger partial charge in [-0.3, -0.25) is 0 Å². The predicted molar refractivity (Wildman–Crippen MR) is 87.8 cm³/mol. The van der Waals surface area contributed by atoms with Crippen LogP contribution in [0.4, 0.5) is 0 Å². The molecule has 0 spiro atoms. The summed E-state index contributed by atoms with van der Waals surface area (Å²) < 4.78 is 10.6. The summed E-state index contributed by atoms with van der Waals surface area (Å²) in [5.74, 6) is 0.0942. The van der Waals surface area contributed by atoms with Crippen molar-refractivity contribution in [2.24, 2.45) is 0 Å². The van der Waals surface area contributed by atoms with Gasteiger partial charge in [-0.05, 0) is 38.1 Å². The number of aliphatic carboxylic acids is 1. The van der Waals surface area contributed by atoms with Gasteiger partial charge in [-0.2, -0.15) is 4.98 Å². The molecule has 0 fully saturated rings. The maximum atomic E-state index is 10.7. The lowest BCUT2D eigenvalue weighted by atomic mass is 10.1. The fourth-order valence-electron chi connectivity index (χ4n) is 2.46. The van der Waals surface area contributed by atoms with Gasteiger partial charge in [0.1, 0.15) is 5.75 Å². The number of benzene rings is 2. The Kier molecular flexibility index (Phi) is 4.29. The molecule has 1 N–H and O–H groups in total. The molecule has 0 radical (unpaired) electrons. The van der Waals surface area contributed by atoms with Gasteiger partial charge in [0.2, 0.25) is 5.82 Å². The van der Waals surface area contributed by atoms with Gasteiger partial charge in [-0.1, -0.05) is 34.5 Å². The smallest absolute Gasteiger partial charge is 0.341 e. The van der Waals surface area contributed by atoms with Crippen LogP contribution in [0.25, 0.3) is 22.8 Å². The summed E-state index contributed by atoms with van der Waals surface area (Å²) in [6.07, 6.45) is 0. The molecule has 1 aromatic heterocycles.